The van der Waals surface area contributed by atoms with Gasteiger partial charge in [0, 0.05) is 12.5 Å². The van der Waals surface area contributed by atoms with Gasteiger partial charge in [0.05, 0.1) is 38.0 Å². The van der Waals surface area contributed by atoms with E-state index in [-0.39, 0.29) is 37.6 Å². The Labute approximate surface area is 292 Å². The van der Waals surface area contributed by atoms with Crippen LogP contribution in [0.3, 0.4) is 0 Å². The van der Waals surface area contributed by atoms with Crippen molar-refractivity contribution in [3.05, 3.63) is 24.1 Å². The summed E-state index contributed by atoms with van der Waals surface area (Å²) in [6.07, 6.45) is 3.00. The zero-order chi connectivity index (χ0) is 35.8. The van der Waals surface area contributed by atoms with Crippen LogP contribution in [0.2, 0.25) is 5.28 Å². The number of carbonyl (C=O) groups is 1. The number of anilines is 1. The van der Waals surface area contributed by atoms with E-state index in [1.807, 2.05) is 20.8 Å². The van der Waals surface area contributed by atoms with Gasteiger partial charge in [0.25, 0.3) is 0 Å². The molecule has 1 N–H and O–H groups in total. The Hall–Kier alpha value is -2.20. The molecule has 0 radical (unpaired) electrons. The molecule has 1 unspecified atom stereocenters. The lowest BCUT2D eigenvalue weighted by molar-refractivity contribution is -0.207. The molecule has 2 saturated heterocycles. The average molecular weight is 730 g/mol. The number of ether oxygens (including phenoxy) is 5. The standard InChI is InChI=1S/C32H49ClN5O10P/c1-9-16-32(19-39,49(41,43-10-2)44-11-3)42-18-22-23-24(47-31(7,8)46-23)27(45-22)38-26-21(17-34-38)25(35-28(33)36-26)37(20-14-12-13-15-20)29(40)48-30(4,5)6/h9,17,20,22-24,27,39H,1,10-16,18-19H2,2-8H3/t22-,23-,24-,27-,32?/m1/s1. The molecule has 0 spiro atoms. The second kappa shape index (κ2) is 14.8. The van der Waals surface area contributed by atoms with Gasteiger partial charge in [-0.05, 0) is 72.9 Å². The van der Waals surface area contributed by atoms with Gasteiger partial charge >= 0.3 is 13.7 Å². The van der Waals surface area contributed by atoms with Crippen molar-refractivity contribution in [3.63, 3.8) is 0 Å². The molecule has 15 nitrogen and oxygen atoms in total. The molecule has 2 aliphatic heterocycles. The molecule has 5 atom stereocenters. The van der Waals surface area contributed by atoms with Gasteiger partial charge in [-0.3, -0.25) is 9.46 Å². The number of amides is 1. The molecule has 2 aromatic rings. The fourth-order valence-electron chi connectivity index (χ4n) is 6.65. The van der Waals surface area contributed by atoms with Crippen molar-refractivity contribution in [2.24, 2.45) is 0 Å². The first-order valence-corrected chi connectivity index (χ1v) is 18.7. The monoisotopic (exact) mass is 729 g/mol. The molecular formula is C32H49ClN5O10P. The number of hydrogen-bond donors (Lipinski definition) is 1. The van der Waals surface area contributed by atoms with E-state index in [1.165, 1.54) is 10.8 Å². The molecule has 1 saturated carbocycles. The van der Waals surface area contributed by atoms with Crippen LogP contribution in [0, 0.1) is 0 Å². The van der Waals surface area contributed by atoms with Crippen molar-refractivity contribution in [3.8, 4) is 0 Å². The minimum Gasteiger partial charge on any atom is -0.443 e. The Bertz CT molecular complexity index is 1540. The fourth-order valence-corrected chi connectivity index (χ4v) is 8.79. The van der Waals surface area contributed by atoms with Gasteiger partial charge in [-0.25, -0.2) is 9.48 Å². The van der Waals surface area contributed by atoms with Crippen LogP contribution < -0.4 is 4.90 Å². The zero-order valence-corrected chi connectivity index (χ0v) is 30.9. The van der Waals surface area contributed by atoms with Crippen LogP contribution in [-0.4, -0.2) is 98.5 Å². The molecule has 1 aliphatic carbocycles. The Balaban J connectivity index is 1.51. The molecule has 3 fully saturated rings. The number of fused-ring (bicyclic) bond motifs is 2. The van der Waals surface area contributed by atoms with Gasteiger partial charge in [0.1, 0.15) is 23.9 Å². The van der Waals surface area contributed by atoms with E-state index in [2.05, 4.69) is 21.6 Å². The van der Waals surface area contributed by atoms with Crippen molar-refractivity contribution in [2.75, 3.05) is 31.3 Å². The largest absolute Gasteiger partial charge is 0.443 e. The van der Waals surface area contributed by atoms with E-state index in [4.69, 9.17) is 44.3 Å². The molecule has 274 valence electrons. The third-order valence-corrected chi connectivity index (χ3v) is 11.4. The summed E-state index contributed by atoms with van der Waals surface area (Å²) < 4.78 is 57.9. The van der Waals surface area contributed by atoms with Crippen molar-refractivity contribution in [1.29, 1.82) is 0 Å². The summed E-state index contributed by atoms with van der Waals surface area (Å²) in [4.78, 5) is 24.2. The summed E-state index contributed by atoms with van der Waals surface area (Å²) in [5.41, 5.74) is -0.420. The maximum atomic E-state index is 14.0. The number of aromatic nitrogens is 4. The van der Waals surface area contributed by atoms with E-state index < -0.39 is 61.6 Å². The summed E-state index contributed by atoms with van der Waals surface area (Å²) >= 11 is 6.53. The predicted molar refractivity (Wildman–Crippen MR) is 180 cm³/mol. The van der Waals surface area contributed by atoms with Crippen LogP contribution in [0.15, 0.2) is 18.9 Å². The number of aliphatic hydroxyl groups excluding tert-OH is 1. The molecule has 0 bridgehead atoms. The van der Waals surface area contributed by atoms with Crippen LogP contribution in [0.1, 0.15) is 86.8 Å². The highest BCUT2D eigenvalue weighted by molar-refractivity contribution is 7.55. The van der Waals surface area contributed by atoms with Gasteiger partial charge in [0.2, 0.25) is 5.28 Å². The quantitative estimate of drug-likeness (QED) is 0.134. The molecule has 5 rings (SSSR count). The minimum absolute atomic E-state index is 0.0228. The molecule has 17 heteroatoms. The van der Waals surface area contributed by atoms with E-state index in [9.17, 15) is 14.5 Å². The molecule has 3 aliphatic rings. The van der Waals surface area contributed by atoms with Gasteiger partial charge in [-0.2, -0.15) is 15.1 Å². The second-order valence-electron chi connectivity index (χ2n) is 13.8. The first-order valence-electron chi connectivity index (χ1n) is 16.8. The van der Waals surface area contributed by atoms with Gasteiger partial charge in [-0.1, -0.05) is 18.9 Å². The third kappa shape index (κ3) is 7.70. The number of hydrogen-bond acceptors (Lipinski definition) is 13. The normalized spacial score (nSPS) is 25.4. The molecule has 49 heavy (non-hydrogen) atoms. The van der Waals surface area contributed by atoms with Crippen LogP contribution in [0.25, 0.3) is 11.0 Å². The zero-order valence-electron chi connectivity index (χ0n) is 29.3. The Kier molecular flexibility index (Phi) is 11.5. The van der Waals surface area contributed by atoms with Crippen molar-refractivity contribution in [2.45, 2.75) is 128 Å². The van der Waals surface area contributed by atoms with E-state index in [1.54, 1.807) is 38.8 Å². The lowest BCUT2D eigenvalue weighted by atomic mass is 10.1. The Morgan fingerprint density at radius 2 is 1.84 bits per heavy atom. The first-order chi connectivity index (χ1) is 23.1. The minimum atomic E-state index is -4.00. The number of halogens is 1. The number of carbonyl (C=O) groups excluding carboxylic acids is 1. The summed E-state index contributed by atoms with van der Waals surface area (Å²) in [7, 11) is -4.00. The lowest BCUT2D eigenvalue weighted by Gasteiger charge is -2.37. The topological polar surface area (TPSA) is 166 Å². The molecule has 4 heterocycles. The second-order valence-corrected chi connectivity index (χ2v) is 16.5. The smallest absolute Gasteiger partial charge is 0.416 e. The van der Waals surface area contributed by atoms with E-state index in [0.717, 1.165) is 25.7 Å². The highest BCUT2D eigenvalue weighted by Gasteiger charge is 2.58. The molecular weight excluding hydrogens is 681 g/mol. The van der Waals surface area contributed by atoms with Crippen molar-refractivity contribution < 1.29 is 47.2 Å². The number of rotatable bonds is 14. The molecule has 2 aromatic heterocycles. The average Bonchev–Trinajstić information content (AvgIpc) is 3.79. The highest BCUT2D eigenvalue weighted by Crippen LogP contribution is 2.62. The molecule has 0 aromatic carbocycles. The summed E-state index contributed by atoms with van der Waals surface area (Å²) in [6.45, 7) is 15.4. The Morgan fingerprint density at radius 1 is 1.18 bits per heavy atom. The first kappa shape index (κ1) is 38.0. The SMILES string of the molecule is C=CCC(CO)(OC[C@H]1O[C@@H](n2ncc3c(N(C(=O)OC(C)(C)C)C4CCCC4)nc(Cl)nc32)[C@@H]2OC(C)(C)O[C@@H]21)P(=O)(OCC)OCC. The third-order valence-electron chi connectivity index (χ3n) is 8.60. The highest BCUT2D eigenvalue weighted by atomic mass is 35.5. The Morgan fingerprint density at radius 3 is 2.43 bits per heavy atom. The van der Waals surface area contributed by atoms with Crippen molar-refractivity contribution in [1.82, 2.24) is 19.7 Å². The fraction of sp³-hybridized carbons (Fsp3) is 0.750. The van der Waals surface area contributed by atoms with Crippen LogP contribution >= 0.6 is 19.2 Å². The maximum absolute atomic E-state index is 14.0. The predicted octanol–water partition coefficient (Wildman–Crippen LogP) is 6.13. The summed E-state index contributed by atoms with van der Waals surface area (Å²) in [5.74, 6) is -0.700. The van der Waals surface area contributed by atoms with Crippen LogP contribution in [0.5, 0.6) is 0 Å². The summed E-state index contributed by atoms with van der Waals surface area (Å²) in [5, 5.41) is 13.8. The number of aliphatic hydroxyl groups is 1. The van der Waals surface area contributed by atoms with Crippen LogP contribution in [0.4, 0.5) is 10.6 Å². The van der Waals surface area contributed by atoms with E-state index in [0.29, 0.717) is 16.9 Å². The molecule has 1 amide bonds. The number of nitrogens with zero attached hydrogens (tertiary/aromatic N) is 5. The van der Waals surface area contributed by atoms with E-state index >= 15 is 0 Å². The van der Waals surface area contributed by atoms with Crippen molar-refractivity contribution >= 4 is 42.1 Å². The lowest BCUT2D eigenvalue weighted by Crippen LogP contribution is -2.43. The van der Waals surface area contributed by atoms with Gasteiger partial charge in [-0.15, -0.1) is 6.58 Å². The maximum Gasteiger partial charge on any atom is 0.416 e. The summed E-state index contributed by atoms with van der Waals surface area (Å²) in [6, 6.07) is -0.139. The van der Waals surface area contributed by atoms with Crippen LogP contribution in [-0.2, 0) is 37.3 Å². The van der Waals surface area contributed by atoms with Gasteiger partial charge in [0.15, 0.2) is 28.8 Å². The van der Waals surface area contributed by atoms with Gasteiger partial charge < -0.3 is 37.8 Å².